The lowest BCUT2D eigenvalue weighted by Gasteiger charge is -2.18. The van der Waals surface area contributed by atoms with Gasteiger partial charge in [-0.15, -0.1) is 0 Å². The molecule has 0 bridgehead atoms. The third-order valence-electron chi connectivity index (χ3n) is 3.99. The molecule has 6 heteroatoms. The molecule has 120 valence electrons. The first-order chi connectivity index (χ1) is 11.0. The highest BCUT2D eigenvalue weighted by Crippen LogP contribution is 2.39. The van der Waals surface area contributed by atoms with E-state index in [0.717, 1.165) is 23.8 Å². The molecule has 0 saturated heterocycles. The third-order valence-corrected chi connectivity index (χ3v) is 4.28. The number of amides is 2. The maximum absolute atomic E-state index is 14.3. The second-order valence-electron chi connectivity index (χ2n) is 5.44. The van der Waals surface area contributed by atoms with Crippen LogP contribution in [0.5, 0.6) is 5.75 Å². The molecule has 4 nitrogen and oxygen atoms in total. The van der Waals surface area contributed by atoms with Gasteiger partial charge in [0.05, 0.1) is 10.7 Å². The number of hydrogen-bond acceptors (Lipinski definition) is 3. The molecule has 1 heterocycles. The van der Waals surface area contributed by atoms with E-state index >= 15 is 0 Å². The van der Waals surface area contributed by atoms with Crippen molar-refractivity contribution in [1.82, 2.24) is 0 Å². The smallest absolute Gasteiger partial charge is 0.261 e. The van der Waals surface area contributed by atoms with Crippen LogP contribution in [0.1, 0.15) is 25.7 Å². The molecular weight excluding hydrogens is 321 g/mol. The zero-order chi connectivity index (χ0) is 16.6. The van der Waals surface area contributed by atoms with Crippen molar-refractivity contribution in [2.45, 2.75) is 25.7 Å². The third kappa shape index (κ3) is 2.65. The molecule has 2 aliphatic rings. The van der Waals surface area contributed by atoms with Gasteiger partial charge in [-0.25, -0.2) is 9.29 Å². The van der Waals surface area contributed by atoms with Crippen LogP contribution in [0, 0.1) is 5.82 Å². The van der Waals surface area contributed by atoms with Crippen LogP contribution in [0.2, 0.25) is 5.02 Å². The summed E-state index contributed by atoms with van der Waals surface area (Å²) in [7, 11) is 0. The molecule has 0 radical (unpaired) electrons. The summed E-state index contributed by atoms with van der Waals surface area (Å²) in [5.41, 5.74) is 0.881. The van der Waals surface area contributed by atoms with Gasteiger partial charge in [-0.3, -0.25) is 9.59 Å². The fourth-order valence-corrected chi connectivity index (χ4v) is 3.11. The summed E-state index contributed by atoms with van der Waals surface area (Å²) >= 11 is 5.94. The molecule has 23 heavy (non-hydrogen) atoms. The average Bonchev–Trinajstić information content (AvgIpc) is 2.79. The molecule has 3 rings (SSSR count). The molecule has 1 aromatic rings. The van der Waals surface area contributed by atoms with Crippen LogP contribution in [-0.4, -0.2) is 18.4 Å². The Hall–Kier alpha value is -2.14. The van der Waals surface area contributed by atoms with E-state index in [9.17, 15) is 14.0 Å². The van der Waals surface area contributed by atoms with Crippen LogP contribution in [0.25, 0.3) is 0 Å². The van der Waals surface area contributed by atoms with Crippen LogP contribution in [0.3, 0.4) is 0 Å². The van der Waals surface area contributed by atoms with Crippen LogP contribution in [0.4, 0.5) is 10.1 Å². The number of anilines is 1. The van der Waals surface area contributed by atoms with E-state index < -0.39 is 17.6 Å². The summed E-state index contributed by atoms with van der Waals surface area (Å²) in [4.78, 5) is 25.9. The van der Waals surface area contributed by atoms with Gasteiger partial charge in [0.25, 0.3) is 11.8 Å². The van der Waals surface area contributed by atoms with Gasteiger partial charge in [-0.1, -0.05) is 24.3 Å². The zero-order valence-electron chi connectivity index (χ0n) is 12.4. The van der Waals surface area contributed by atoms with Gasteiger partial charge in [0.2, 0.25) is 0 Å². The number of carbonyl (C=O) groups is 2. The highest BCUT2D eigenvalue weighted by atomic mass is 35.5. The number of benzene rings is 1. The van der Waals surface area contributed by atoms with E-state index in [0.29, 0.717) is 24.0 Å². The molecule has 0 N–H and O–H groups in total. The maximum Gasteiger partial charge on any atom is 0.261 e. The van der Waals surface area contributed by atoms with Gasteiger partial charge in [0, 0.05) is 17.2 Å². The lowest BCUT2D eigenvalue weighted by Crippen LogP contribution is -2.32. The van der Waals surface area contributed by atoms with E-state index in [1.54, 1.807) is 0 Å². The maximum atomic E-state index is 14.3. The van der Waals surface area contributed by atoms with Crippen molar-refractivity contribution in [3.63, 3.8) is 0 Å². The van der Waals surface area contributed by atoms with Gasteiger partial charge in [0.15, 0.2) is 0 Å². The Labute approximate surface area is 138 Å². The molecule has 0 atom stereocenters. The van der Waals surface area contributed by atoms with Gasteiger partial charge in [0.1, 0.15) is 18.2 Å². The number of rotatable bonds is 4. The summed E-state index contributed by atoms with van der Waals surface area (Å²) in [6.45, 7) is 3.71. The standard InChI is InChI=1S/C17H15ClFNO3/c1-2-7-23-15-9-14(13(19)8-12(15)18)20-16(21)10-5-3-4-6-11(10)17(20)22/h2,8-9H,1,3-7H2. The second kappa shape index (κ2) is 6.16. The summed E-state index contributed by atoms with van der Waals surface area (Å²) in [5, 5.41) is 0.0740. The Balaban J connectivity index is 2.00. The summed E-state index contributed by atoms with van der Waals surface area (Å²) < 4.78 is 19.7. The largest absolute Gasteiger partial charge is 0.488 e. The molecule has 0 spiro atoms. The number of carbonyl (C=O) groups excluding carboxylic acids is 2. The van der Waals surface area contributed by atoms with Crippen LogP contribution >= 0.6 is 11.6 Å². The summed E-state index contributed by atoms with van der Waals surface area (Å²) in [5.74, 6) is -1.42. The van der Waals surface area contributed by atoms with Gasteiger partial charge in [-0.05, 0) is 31.7 Å². The van der Waals surface area contributed by atoms with Crippen molar-refractivity contribution in [3.8, 4) is 5.75 Å². The minimum absolute atomic E-state index is 0.0740. The highest BCUT2D eigenvalue weighted by Gasteiger charge is 2.41. The number of hydrogen-bond donors (Lipinski definition) is 0. The Morgan fingerprint density at radius 2 is 1.83 bits per heavy atom. The number of imide groups is 1. The van der Waals surface area contributed by atoms with Gasteiger partial charge >= 0.3 is 0 Å². The topological polar surface area (TPSA) is 46.6 Å². The first kappa shape index (κ1) is 15.7. The Morgan fingerprint density at radius 1 is 1.22 bits per heavy atom. The molecule has 2 amide bonds. The van der Waals surface area contributed by atoms with Crippen LogP contribution in [0.15, 0.2) is 35.9 Å². The Kier molecular flexibility index (Phi) is 4.22. The van der Waals surface area contributed by atoms with Crippen molar-refractivity contribution < 1.29 is 18.7 Å². The van der Waals surface area contributed by atoms with Crippen molar-refractivity contribution in [3.05, 3.63) is 46.8 Å². The average molecular weight is 336 g/mol. The molecule has 0 unspecified atom stereocenters. The van der Waals surface area contributed by atoms with Crippen molar-refractivity contribution in [1.29, 1.82) is 0 Å². The monoisotopic (exact) mass is 335 g/mol. The highest BCUT2D eigenvalue weighted by molar-refractivity contribution is 6.34. The zero-order valence-corrected chi connectivity index (χ0v) is 13.2. The fourth-order valence-electron chi connectivity index (χ4n) is 2.91. The lowest BCUT2D eigenvalue weighted by molar-refractivity contribution is -0.120. The number of nitrogens with zero attached hydrogens (tertiary/aromatic N) is 1. The van der Waals surface area contributed by atoms with Crippen molar-refractivity contribution in [2.75, 3.05) is 11.5 Å². The normalized spacial score (nSPS) is 17.6. The molecular formula is C17H15ClFNO3. The van der Waals surface area contributed by atoms with Crippen LogP contribution < -0.4 is 9.64 Å². The SMILES string of the molecule is C=CCOc1cc(N2C(=O)C3=C(CCCC3)C2=O)c(F)cc1Cl. The Bertz CT molecular complexity index is 714. The van der Waals surface area contributed by atoms with Gasteiger partial charge < -0.3 is 4.74 Å². The first-order valence-electron chi connectivity index (χ1n) is 7.38. The Morgan fingerprint density at radius 3 is 2.39 bits per heavy atom. The predicted octanol–water partition coefficient (Wildman–Crippen LogP) is 3.79. The van der Waals surface area contributed by atoms with Crippen molar-refractivity contribution >= 4 is 29.1 Å². The molecule has 1 aliphatic heterocycles. The minimum Gasteiger partial charge on any atom is -0.488 e. The van der Waals surface area contributed by atoms with E-state index in [4.69, 9.17) is 16.3 Å². The molecule has 0 fully saturated rings. The van der Waals surface area contributed by atoms with E-state index in [1.165, 1.54) is 12.1 Å². The molecule has 0 saturated carbocycles. The summed E-state index contributed by atoms with van der Waals surface area (Å²) in [6, 6.07) is 2.34. The quantitative estimate of drug-likeness (QED) is 0.621. The lowest BCUT2D eigenvalue weighted by atomic mass is 9.93. The van der Waals surface area contributed by atoms with Crippen molar-refractivity contribution in [2.24, 2.45) is 0 Å². The predicted molar refractivity (Wildman–Crippen MR) is 85.1 cm³/mol. The van der Waals surface area contributed by atoms with E-state index in [2.05, 4.69) is 6.58 Å². The van der Waals surface area contributed by atoms with Crippen LogP contribution in [-0.2, 0) is 9.59 Å². The minimum atomic E-state index is -0.734. The molecule has 0 aromatic heterocycles. The van der Waals surface area contributed by atoms with Gasteiger partial charge in [-0.2, -0.15) is 0 Å². The number of ether oxygens (including phenoxy) is 1. The number of halogens is 2. The summed E-state index contributed by atoms with van der Waals surface area (Å²) in [6.07, 6.45) is 4.37. The van der Waals surface area contributed by atoms with E-state index in [-0.39, 0.29) is 23.1 Å². The van der Waals surface area contributed by atoms with E-state index in [1.807, 2.05) is 0 Å². The fraction of sp³-hybridized carbons (Fsp3) is 0.294. The molecule has 1 aliphatic carbocycles. The molecule has 1 aromatic carbocycles. The first-order valence-corrected chi connectivity index (χ1v) is 7.76. The second-order valence-corrected chi connectivity index (χ2v) is 5.85.